The van der Waals surface area contributed by atoms with Crippen molar-refractivity contribution in [3.63, 3.8) is 0 Å². The molecule has 0 aromatic heterocycles. The molecule has 0 radical (unpaired) electrons. The van der Waals surface area contributed by atoms with E-state index in [-0.39, 0.29) is 36.4 Å². The molecule has 1 aliphatic carbocycles. The van der Waals surface area contributed by atoms with Crippen molar-refractivity contribution >= 4 is 17.8 Å². The molecule has 7 heteroatoms. The Morgan fingerprint density at radius 2 is 2.14 bits per heavy atom. The van der Waals surface area contributed by atoms with Crippen molar-refractivity contribution < 1.29 is 19.1 Å². The minimum absolute atomic E-state index is 0.0225. The van der Waals surface area contributed by atoms with Gasteiger partial charge in [0.15, 0.2) is 0 Å². The topological polar surface area (TPSA) is 79.0 Å². The Labute approximate surface area is 129 Å². The summed E-state index contributed by atoms with van der Waals surface area (Å²) in [5.41, 5.74) is 0.0751. The quantitative estimate of drug-likeness (QED) is 0.763. The summed E-state index contributed by atoms with van der Waals surface area (Å²) in [6, 6.07) is -0.472. The summed E-state index contributed by atoms with van der Waals surface area (Å²) < 4.78 is 5.64. The number of amides is 4. The van der Waals surface area contributed by atoms with Crippen molar-refractivity contribution in [3.8, 4) is 0 Å². The van der Waals surface area contributed by atoms with Crippen LogP contribution in [0, 0.1) is 5.41 Å². The number of hydrogen-bond acceptors (Lipinski definition) is 4. The number of carbonyl (C=O) groups excluding carboxylic acids is 3. The van der Waals surface area contributed by atoms with E-state index < -0.39 is 6.03 Å². The van der Waals surface area contributed by atoms with Crippen LogP contribution in [0.5, 0.6) is 0 Å². The molecule has 1 spiro atoms. The number of nitrogens with zero attached hydrogens (tertiary/aromatic N) is 2. The highest BCUT2D eigenvalue weighted by molar-refractivity contribution is 6.03. The first-order chi connectivity index (χ1) is 10.5. The minimum Gasteiger partial charge on any atom is -0.381 e. The molecular formula is C15H23N3O4. The molecular weight excluding hydrogens is 286 g/mol. The summed E-state index contributed by atoms with van der Waals surface area (Å²) in [6.07, 6.45) is 5.58. The maximum Gasteiger partial charge on any atom is 0.325 e. The third-order valence-electron chi connectivity index (χ3n) is 5.26. The third kappa shape index (κ3) is 2.69. The molecule has 2 saturated heterocycles. The molecule has 0 bridgehead atoms. The minimum atomic E-state index is -0.472. The van der Waals surface area contributed by atoms with Gasteiger partial charge in [-0.15, -0.1) is 0 Å². The summed E-state index contributed by atoms with van der Waals surface area (Å²) in [5.74, 6) is -0.422. The smallest absolute Gasteiger partial charge is 0.325 e. The second-order valence-corrected chi connectivity index (χ2v) is 6.61. The maximum atomic E-state index is 12.5. The highest BCUT2D eigenvalue weighted by Gasteiger charge is 2.46. The second-order valence-electron chi connectivity index (χ2n) is 6.61. The van der Waals surface area contributed by atoms with Crippen LogP contribution in [-0.2, 0) is 14.3 Å². The van der Waals surface area contributed by atoms with Crippen LogP contribution in [0.2, 0.25) is 0 Å². The highest BCUT2D eigenvalue weighted by Crippen LogP contribution is 2.46. The van der Waals surface area contributed by atoms with Crippen molar-refractivity contribution in [1.29, 1.82) is 0 Å². The maximum absolute atomic E-state index is 12.5. The van der Waals surface area contributed by atoms with Crippen LogP contribution in [-0.4, -0.2) is 67.0 Å². The lowest BCUT2D eigenvalue weighted by Crippen LogP contribution is -2.52. The second kappa shape index (κ2) is 5.87. The van der Waals surface area contributed by atoms with Gasteiger partial charge < -0.3 is 14.5 Å². The standard InChI is InChI=1S/C15H23N3O4/c1-22-11-4-2-5-15(11)6-3-7-17(10-15)13(20)9-18-8-12(19)16-14(18)21/h11H,2-10H2,1H3,(H,16,19,21)/t11-,15-/m1/s1. The molecule has 0 aromatic rings. The van der Waals surface area contributed by atoms with E-state index in [0.29, 0.717) is 6.54 Å². The van der Waals surface area contributed by atoms with Crippen LogP contribution in [0.1, 0.15) is 32.1 Å². The van der Waals surface area contributed by atoms with Gasteiger partial charge in [0.05, 0.1) is 6.10 Å². The van der Waals surface area contributed by atoms with Crippen LogP contribution in [0.25, 0.3) is 0 Å². The number of imide groups is 1. The van der Waals surface area contributed by atoms with Crippen LogP contribution >= 0.6 is 0 Å². The number of piperidine rings is 1. The number of rotatable bonds is 3. The van der Waals surface area contributed by atoms with E-state index in [1.54, 1.807) is 7.11 Å². The lowest BCUT2D eigenvalue weighted by atomic mass is 9.76. The van der Waals surface area contributed by atoms with Gasteiger partial charge >= 0.3 is 6.03 Å². The number of carbonyl (C=O) groups is 3. The lowest BCUT2D eigenvalue weighted by molar-refractivity contribution is -0.137. The Hall–Kier alpha value is -1.63. The first-order valence-corrected chi connectivity index (χ1v) is 7.93. The number of ether oxygens (including phenoxy) is 1. The van der Waals surface area contributed by atoms with Gasteiger partial charge in [-0.1, -0.05) is 6.42 Å². The first kappa shape index (κ1) is 15.3. The first-order valence-electron chi connectivity index (χ1n) is 7.93. The van der Waals surface area contributed by atoms with Crippen LogP contribution in [0.4, 0.5) is 4.79 Å². The number of nitrogens with one attached hydrogen (secondary N) is 1. The van der Waals surface area contributed by atoms with Crippen LogP contribution < -0.4 is 5.32 Å². The summed E-state index contributed by atoms with van der Waals surface area (Å²) in [6.45, 7) is 1.38. The monoisotopic (exact) mass is 309 g/mol. The molecule has 22 heavy (non-hydrogen) atoms. The van der Waals surface area contributed by atoms with Crippen molar-refractivity contribution in [2.45, 2.75) is 38.2 Å². The molecule has 2 atom stereocenters. The van der Waals surface area contributed by atoms with Crippen molar-refractivity contribution in [3.05, 3.63) is 0 Å². The van der Waals surface area contributed by atoms with Gasteiger partial charge in [-0.25, -0.2) is 4.79 Å². The Bertz CT molecular complexity index is 495. The predicted molar refractivity (Wildman–Crippen MR) is 78.0 cm³/mol. The fraction of sp³-hybridized carbons (Fsp3) is 0.800. The molecule has 3 fully saturated rings. The van der Waals surface area contributed by atoms with E-state index in [4.69, 9.17) is 4.74 Å². The van der Waals surface area contributed by atoms with E-state index in [1.165, 1.54) is 4.90 Å². The normalized spacial score (nSPS) is 32.0. The van der Waals surface area contributed by atoms with Crippen molar-refractivity contribution in [2.24, 2.45) is 5.41 Å². The molecule has 0 aromatic carbocycles. The zero-order chi connectivity index (χ0) is 15.7. The Morgan fingerprint density at radius 1 is 1.36 bits per heavy atom. The van der Waals surface area contributed by atoms with E-state index in [1.807, 2.05) is 4.90 Å². The summed E-state index contributed by atoms with van der Waals surface area (Å²) in [7, 11) is 1.75. The molecule has 3 rings (SSSR count). The fourth-order valence-electron chi connectivity index (χ4n) is 4.19. The third-order valence-corrected chi connectivity index (χ3v) is 5.26. The van der Waals surface area contributed by atoms with Gasteiger partial charge in [-0.2, -0.15) is 0 Å². The molecule has 3 aliphatic rings. The number of likely N-dealkylation sites (tertiary alicyclic amines) is 1. The number of hydrogen-bond donors (Lipinski definition) is 1. The van der Waals surface area contributed by atoms with Gasteiger partial charge in [0, 0.05) is 25.6 Å². The molecule has 7 nitrogen and oxygen atoms in total. The SMILES string of the molecule is CO[C@@H]1CCC[C@]12CCCN(C(=O)CN1CC(=O)NC1=O)C2. The largest absolute Gasteiger partial charge is 0.381 e. The molecule has 122 valence electrons. The summed E-state index contributed by atoms with van der Waals surface area (Å²) in [5, 5.41) is 2.20. The van der Waals surface area contributed by atoms with Crippen molar-refractivity contribution in [1.82, 2.24) is 15.1 Å². The van der Waals surface area contributed by atoms with Gasteiger partial charge in [-0.3, -0.25) is 14.9 Å². The zero-order valence-corrected chi connectivity index (χ0v) is 13.0. The fourth-order valence-corrected chi connectivity index (χ4v) is 4.19. The van der Waals surface area contributed by atoms with Gasteiger partial charge in [0.2, 0.25) is 11.8 Å². The molecule has 1 saturated carbocycles. The van der Waals surface area contributed by atoms with E-state index >= 15 is 0 Å². The van der Waals surface area contributed by atoms with Gasteiger partial charge in [0.25, 0.3) is 0 Å². The van der Waals surface area contributed by atoms with Crippen molar-refractivity contribution in [2.75, 3.05) is 33.3 Å². The van der Waals surface area contributed by atoms with E-state index in [2.05, 4.69) is 5.32 Å². The average molecular weight is 309 g/mol. The highest BCUT2D eigenvalue weighted by atomic mass is 16.5. The Balaban J connectivity index is 1.63. The average Bonchev–Trinajstić information content (AvgIpc) is 3.02. The predicted octanol–water partition coefficient (Wildman–Crippen LogP) is 0.346. The lowest BCUT2D eigenvalue weighted by Gasteiger charge is -2.43. The molecule has 0 unspecified atom stereocenters. The number of urea groups is 1. The van der Waals surface area contributed by atoms with Crippen LogP contribution in [0.3, 0.4) is 0 Å². The van der Waals surface area contributed by atoms with E-state index in [0.717, 1.165) is 38.6 Å². The van der Waals surface area contributed by atoms with Gasteiger partial charge in [-0.05, 0) is 25.7 Å². The Kier molecular flexibility index (Phi) is 4.08. The molecule has 4 amide bonds. The molecule has 2 aliphatic heterocycles. The summed E-state index contributed by atoms with van der Waals surface area (Å²) >= 11 is 0. The molecule has 2 heterocycles. The number of methoxy groups -OCH3 is 1. The Morgan fingerprint density at radius 3 is 2.82 bits per heavy atom. The molecule has 1 N–H and O–H groups in total. The van der Waals surface area contributed by atoms with Gasteiger partial charge in [0.1, 0.15) is 13.1 Å². The van der Waals surface area contributed by atoms with E-state index in [9.17, 15) is 14.4 Å². The zero-order valence-electron chi connectivity index (χ0n) is 13.0. The van der Waals surface area contributed by atoms with Crippen LogP contribution in [0.15, 0.2) is 0 Å². The summed E-state index contributed by atoms with van der Waals surface area (Å²) in [4.78, 5) is 38.4.